The molecule has 0 aliphatic carbocycles. The number of aryl methyl sites for hydroxylation is 1. The lowest BCUT2D eigenvalue weighted by Gasteiger charge is -2.28. The first-order valence-corrected chi connectivity index (χ1v) is 10.8. The van der Waals surface area contributed by atoms with Crippen molar-refractivity contribution in [3.05, 3.63) is 52.2 Å². The third-order valence-corrected chi connectivity index (χ3v) is 5.91. The first-order chi connectivity index (χ1) is 12.7. The third kappa shape index (κ3) is 5.79. The topological polar surface area (TPSA) is 24.5 Å². The zero-order chi connectivity index (χ0) is 18.2. The predicted molar refractivity (Wildman–Crippen MR) is 115 cm³/mol. The van der Waals surface area contributed by atoms with E-state index in [1.807, 2.05) is 0 Å². The zero-order valence-electron chi connectivity index (χ0n) is 15.4. The molecular weight excluding hydrogens is 360 g/mol. The van der Waals surface area contributed by atoms with Gasteiger partial charge in [0.25, 0.3) is 0 Å². The summed E-state index contributed by atoms with van der Waals surface area (Å²) >= 11 is 7.50. The molecule has 1 aliphatic heterocycles. The highest BCUT2D eigenvalue weighted by Gasteiger charge is 2.21. The van der Waals surface area contributed by atoms with Gasteiger partial charge in [-0.15, -0.1) is 11.3 Å². The number of nitrogens with zero attached hydrogens (tertiary/aromatic N) is 1. The second-order valence-electron chi connectivity index (χ2n) is 6.83. The Morgan fingerprint density at radius 3 is 2.81 bits per heavy atom. The van der Waals surface area contributed by atoms with Gasteiger partial charge in [-0.3, -0.25) is 0 Å². The van der Waals surface area contributed by atoms with Crippen molar-refractivity contribution in [1.29, 1.82) is 0 Å². The summed E-state index contributed by atoms with van der Waals surface area (Å²) in [6.45, 7) is 4.78. The number of unbranched alkanes of at least 4 members (excludes halogenated alkanes) is 1. The van der Waals surface area contributed by atoms with Crippen LogP contribution in [0, 0.1) is 0 Å². The van der Waals surface area contributed by atoms with Crippen molar-refractivity contribution in [2.45, 2.75) is 51.7 Å². The number of thiocarbonyl (C=S) groups is 1. The van der Waals surface area contributed by atoms with Gasteiger partial charge in [-0.05, 0) is 67.0 Å². The summed E-state index contributed by atoms with van der Waals surface area (Å²) in [6, 6.07) is 12.9. The lowest BCUT2D eigenvalue weighted by atomic mass is 10.1. The molecule has 1 aliphatic rings. The van der Waals surface area contributed by atoms with Gasteiger partial charge in [0.15, 0.2) is 5.11 Å². The third-order valence-electron chi connectivity index (χ3n) is 4.69. The Morgan fingerprint density at radius 2 is 2.15 bits per heavy atom. The molecule has 26 heavy (non-hydrogen) atoms. The highest BCUT2D eigenvalue weighted by Crippen LogP contribution is 2.19. The monoisotopic (exact) mass is 388 g/mol. The molecular formula is C21H28N2OS2. The van der Waals surface area contributed by atoms with Crippen molar-refractivity contribution >= 4 is 34.4 Å². The summed E-state index contributed by atoms with van der Waals surface area (Å²) in [5.74, 6) is 0. The van der Waals surface area contributed by atoms with Crippen LogP contribution in [0.4, 0.5) is 5.69 Å². The van der Waals surface area contributed by atoms with E-state index in [9.17, 15) is 0 Å². The molecule has 3 rings (SSSR count). The molecule has 1 aromatic heterocycles. The van der Waals surface area contributed by atoms with Crippen LogP contribution in [0.15, 0.2) is 41.8 Å². The largest absolute Gasteiger partial charge is 0.376 e. The fourth-order valence-corrected chi connectivity index (χ4v) is 4.16. The van der Waals surface area contributed by atoms with E-state index in [4.69, 9.17) is 17.0 Å². The Hall–Kier alpha value is -1.43. The molecule has 0 bridgehead atoms. The van der Waals surface area contributed by atoms with Crippen molar-refractivity contribution in [1.82, 2.24) is 4.90 Å². The van der Waals surface area contributed by atoms with Crippen LogP contribution < -0.4 is 5.32 Å². The molecule has 0 radical (unpaired) electrons. The number of hydrogen-bond donors (Lipinski definition) is 1. The highest BCUT2D eigenvalue weighted by atomic mass is 32.1. The standard InChI is InChI=1S/C21H28N2OS2/c1-2-3-6-17-9-11-18(12-10-17)22-21(25)23(15-19-7-4-13-24-19)16-20-8-5-14-26-20/h5,8-12,14,19H,2-4,6-7,13,15-16H2,1H3,(H,22,25)/t19-/m0/s1. The van der Waals surface area contributed by atoms with Gasteiger partial charge >= 0.3 is 0 Å². The first-order valence-electron chi connectivity index (χ1n) is 9.53. The molecule has 0 unspecified atom stereocenters. The van der Waals surface area contributed by atoms with Gasteiger partial charge in [0.05, 0.1) is 12.6 Å². The molecule has 1 N–H and O–H groups in total. The Morgan fingerprint density at radius 1 is 1.31 bits per heavy atom. The SMILES string of the molecule is CCCCc1ccc(NC(=S)N(Cc2cccs2)C[C@@H]2CCCO2)cc1. The van der Waals surface area contributed by atoms with Crippen LogP contribution in [-0.2, 0) is 17.7 Å². The normalized spacial score (nSPS) is 16.6. The van der Waals surface area contributed by atoms with E-state index < -0.39 is 0 Å². The van der Waals surface area contributed by atoms with Gasteiger partial charge in [0.2, 0.25) is 0 Å². The van der Waals surface area contributed by atoms with Gasteiger partial charge in [0.1, 0.15) is 0 Å². The minimum absolute atomic E-state index is 0.283. The molecule has 1 fully saturated rings. The average molecular weight is 389 g/mol. The molecule has 0 spiro atoms. The van der Waals surface area contributed by atoms with E-state index >= 15 is 0 Å². The molecule has 2 aromatic rings. The van der Waals surface area contributed by atoms with Crippen LogP contribution >= 0.6 is 23.6 Å². The Labute approximate surface area is 166 Å². The summed E-state index contributed by atoms with van der Waals surface area (Å²) < 4.78 is 5.83. The number of hydrogen-bond acceptors (Lipinski definition) is 3. The van der Waals surface area contributed by atoms with E-state index in [1.165, 1.54) is 23.3 Å². The van der Waals surface area contributed by atoms with Crippen molar-refractivity contribution < 1.29 is 4.74 Å². The lowest BCUT2D eigenvalue weighted by Crippen LogP contribution is -2.39. The van der Waals surface area contributed by atoms with E-state index in [0.29, 0.717) is 0 Å². The lowest BCUT2D eigenvalue weighted by molar-refractivity contribution is 0.0907. The van der Waals surface area contributed by atoms with E-state index in [1.54, 1.807) is 11.3 Å². The van der Waals surface area contributed by atoms with Crippen molar-refractivity contribution in [3.8, 4) is 0 Å². The maximum absolute atomic E-state index is 5.83. The Bertz CT molecular complexity index is 664. The van der Waals surface area contributed by atoms with Crippen molar-refractivity contribution in [3.63, 3.8) is 0 Å². The summed E-state index contributed by atoms with van der Waals surface area (Å²) in [4.78, 5) is 3.56. The van der Waals surface area contributed by atoms with Crippen LogP contribution in [0.1, 0.15) is 43.0 Å². The summed E-state index contributed by atoms with van der Waals surface area (Å²) in [7, 11) is 0. The van der Waals surface area contributed by atoms with E-state index in [2.05, 4.69) is 58.9 Å². The fraction of sp³-hybridized carbons (Fsp3) is 0.476. The maximum Gasteiger partial charge on any atom is 0.173 e. The van der Waals surface area contributed by atoms with E-state index in [-0.39, 0.29) is 6.10 Å². The summed E-state index contributed by atoms with van der Waals surface area (Å²) in [5, 5.41) is 6.31. The van der Waals surface area contributed by atoms with Crippen molar-refractivity contribution in [2.24, 2.45) is 0 Å². The van der Waals surface area contributed by atoms with Crippen molar-refractivity contribution in [2.75, 3.05) is 18.5 Å². The van der Waals surface area contributed by atoms with Gasteiger partial charge in [0, 0.05) is 23.7 Å². The number of anilines is 1. The molecule has 2 heterocycles. The number of thiophene rings is 1. The van der Waals surface area contributed by atoms with Gasteiger partial charge in [-0.2, -0.15) is 0 Å². The van der Waals surface area contributed by atoms with Gasteiger partial charge < -0.3 is 15.0 Å². The smallest absolute Gasteiger partial charge is 0.173 e. The minimum atomic E-state index is 0.283. The second-order valence-corrected chi connectivity index (χ2v) is 8.24. The van der Waals surface area contributed by atoms with Crippen LogP contribution in [-0.4, -0.2) is 29.3 Å². The molecule has 3 nitrogen and oxygen atoms in total. The molecule has 0 saturated carbocycles. The molecule has 1 aromatic carbocycles. The van der Waals surface area contributed by atoms with Gasteiger partial charge in [-0.25, -0.2) is 0 Å². The number of benzene rings is 1. The van der Waals surface area contributed by atoms with E-state index in [0.717, 1.165) is 49.8 Å². The molecule has 1 atom stereocenters. The molecule has 140 valence electrons. The Balaban J connectivity index is 1.61. The average Bonchev–Trinajstić information content (AvgIpc) is 3.34. The number of nitrogens with one attached hydrogen (secondary N) is 1. The van der Waals surface area contributed by atoms with Crippen LogP contribution in [0.25, 0.3) is 0 Å². The van der Waals surface area contributed by atoms with Crippen LogP contribution in [0.3, 0.4) is 0 Å². The minimum Gasteiger partial charge on any atom is -0.376 e. The first kappa shape index (κ1) is 19.3. The molecule has 1 saturated heterocycles. The maximum atomic E-state index is 5.83. The van der Waals surface area contributed by atoms with Crippen LogP contribution in [0.2, 0.25) is 0 Å². The van der Waals surface area contributed by atoms with Crippen LogP contribution in [0.5, 0.6) is 0 Å². The predicted octanol–water partition coefficient (Wildman–Crippen LogP) is 5.47. The van der Waals surface area contributed by atoms with Gasteiger partial charge in [-0.1, -0.05) is 31.5 Å². The second kappa shape index (κ2) is 10.0. The summed E-state index contributed by atoms with van der Waals surface area (Å²) in [5.41, 5.74) is 2.44. The quantitative estimate of drug-likeness (QED) is 0.606. The molecule has 0 amide bonds. The fourth-order valence-electron chi connectivity index (χ4n) is 3.18. The zero-order valence-corrected chi connectivity index (χ0v) is 17.1. The molecule has 5 heteroatoms. The Kier molecular flexibility index (Phi) is 7.47. The number of rotatable bonds is 8. The summed E-state index contributed by atoms with van der Waals surface area (Å²) in [6.07, 6.45) is 6.16. The number of ether oxygens (including phenoxy) is 1. The highest BCUT2D eigenvalue weighted by molar-refractivity contribution is 7.80.